The van der Waals surface area contributed by atoms with Gasteiger partial charge in [0.2, 0.25) is 0 Å². The lowest BCUT2D eigenvalue weighted by molar-refractivity contribution is 0.579. The van der Waals surface area contributed by atoms with Gasteiger partial charge in [-0.15, -0.1) is 0 Å². The molecule has 1 heterocycles. The van der Waals surface area contributed by atoms with Crippen LogP contribution >= 0.6 is 0 Å². The predicted molar refractivity (Wildman–Crippen MR) is 58.5 cm³/mol. The average Bonchev–Trinajstić information content (AvgIpc) is 2.76. The molecular formula is C11H19N3. The molecule has 3 heteroatoms. The smallest absolute Gasteiger partial charge is 0.0825 e. The largest absolute Gasteiger partial charge is 0.382 e. The lowest BCUT2D eigenvalue weighted by Gasteiger charge is -2.11. The summed E-state index contributed by atoms with van der Waals surface area (Å²) in [5, 5.41) is 10.7. The topological polar surface area (TPSA) is 40.7 Å². The summed E-state index contributed by atoms with van der Waals surface area (Å²) in [6, 6.07) is 0. The molecule has 0 bridgehead atoms. The van der Waals surface area contributed by atoms with E-state index in [0.717, 1.165) is 23.9 Å². The average molecular weight is 193 g/mol. The molecule has 0 aliphatic heterocycles. The lowest BCUT2D eigenvalue weighted by Crippen LogP contribution is -2.11. The Morgan fingerprint density at radius 2 is 2.07 bits per heavy atom. The lowest BCUT2D eigenvalue weighted by atomic mass is 10.1. The van der Waals surface area contributed by atoms with Crippen molar-refractivity contribution >= 4 is 5.69 Å². The van der Waals surface area contributed by atoms with Gasteiger partial charge in [-0.3, -0.25) is 5.10 Å². The van der Waals surface area contributed by atoms with Gasteiger partial charge in [-0.1, -0.05) is 12.8 Å². The van der Waals surface area contributed by atoms with Gasteiger partial charge in [0.15, 0.2) is 0 Å². The van der Waals surface area contributed by atoms with Crippen molar-refractivity contribution in [2.45, 2.75) is 39.5 Å². The van der Waals surface area contributed by atoms with E-state index in [0.29, 0.717) is 0 Å². The zero-order valence-electron chi connectivity index (χ0n) is 9.06. The minimum absolute atomic E-state index is 0.878. The molecule has 14 heavy (non-hydrogen) atoms. The molecule has 1 aromatic heterocycles. The van der Waals surface area contributed by atoms with E-state index in [1.165, 1.54) is 31.4 Å². The van der Waals surface area contributed by atoms with E-state index in [9.17, 15) is 0 Å². The van der Waals surface area contributed by atoms with Crippen molar-refractivity contribution in [2.24, 2.45) is 5.92 Å². The first-order valence-corrected chi connectivity index (χ1v) is 5.53. The number of rotatable bonds is 3. The molecule has 3 nitrogen and oxygen atoms in total. The minimum Gasteiger partial charge on any atom is -0.382 e. The second-order valence-electron chi connectivity index (χ2n) is 4.34. The molecule has 0 radical (unpaired) electrons. The molecule has 0 unspecified atom stereocenters. The Hall–Kier alpha value is -0.990. The Morgan fingerprint density at radius 1 is 1.36 bits per heavy atom. The van der Waals surface area contributed by atoms with Crippen molar-refractivity contribution in [1.82, 2.24) is 10.2 Å². The summed E-state index contributed by atoms with van der Waals surface area (Å²) in [6.45, 7) is 5.22. The minimum atomic E-state index is 0.878. The molecular weight excluding hydrogens is 174 g/mol. The van der Waals surface area contributed by atoms with Crippen LogP contribution in [0.15, 0.2) is 0 Å². The van der Waals surface area contributed by atoms with Gasteiger partial charge in [0, 0.05) is 6.54 Å². The van der Waals surface area contributed by atoms with Crippen LogP contribution in [0.2, 0.25) is 0 Å². The van der Waals surface area contributed by atoms with Crippen LogP contribution in [0.25, 0.3) is 0 Å². The van der Waals surface area contributed by atoms with Crippen molar-refractivity contribution in [3.8, 4) is 0 Å². The van der Waals surface area contributed by atoms with Crippen LogP contribution in [-0.2, 0) is 0 Å². The highest BCUT2D eigenvalue weighted by Gasteiger charge is 2.15. The van der Waals surface area contributed by atoms with Gasteiger partial charge < -0.3 is 5.32 Å². The number of aryl methyl sites for hydroxylation is 2. The first-order valence-electron chi connectivity index (χ1n) is 5.53. The van der Waals surface area contributed by atoms with E-state index in [-0.39, 0.29) is 0 Å². The summed E-state index contributed by atoms with van der Waals surface area (Å²) >= 11 is 0. The maximum atomic E-state index is 4.17. The Kier molecular flexibility index (Phi) is 2.75. The van der Waals surface area contributed by atoms with Crippen molar-refractivity contribution in [2.75, 3.05) is 11.9 Å². The SMILES string of the molecule is Cc1n[nH]c(C)c1NCC1CCCC1. The van der Waals surface area contributed by atoms with Crippen LogP contribution < -0.4 is 5.32 Å². The van der Waals surface area contributed by atoms with Gasteiger partial charge in [-0.2, -0.15) is 5.10 Å². The third-order valence-electron chi connectivity index (χ3n) is 3.17. The van der Waals surface area contributed by atoms with E-state index in [4.69, 9.17) is 0 Å². The third-order valence-corrected chi connectivity index (χ3v) is 3.17. The molecule has 1 aliphatic rings. The molecule has 2 N–H and O–H groups in total. The highest BCUT2D eigenvalue weighted by Crippen LogP contribution is 2.25. The van der Waals surface area contributed by atoms with E-state index in [1.54, 1.807) is 0 Å². The predicted octanol–water partition coefficient (Wildman–Crippen LogP) is 2.63. The Balaban J connectivity index is 1.90. The molecule has 1 fully saturated rings. The molecule has 78 valence electrons. The van der Waals surface area contributed by atoms with Crippen molar-refractivity contribution in [3.63, 3.8) is 0 Å². The van der Waals surface area contributed by atoms with Gasteiger partial charge in [-0.05, 0) is 32.6 Å². The van der Waals surface area contributed by atoms with Gasteiger partial charge in [0.1, 0.15) is 0 Å². The Morgan fingerprint density at radius 3 is 2.64 bits per heavy atom. The molecule has 0 spiro atoms. The first kappa shape index (κ1) is 9.56. The van der Waals surface area contributed by atoms with E-state index in [2.05, 4.69) is 22.4 Å². The summed E-state index contributed by atoms with van der Waals surface area (Å²) in [4.78, 5) is 0. The molecule has 0 amide bonds. The third kappa shape index (κ3) is 1.91. The summed E-state index contributed by atoms with van der Waals surface area (Å²) < 4.78 is 0. The van der Waals surface area contributed by atoms with Gasteiger partial charge in [0.05, 0.1) is 17.1 Å². The highest BCUT2D eigenvalue weighted by molar-refractivity contribution is 5.51. The summed E-state index contributed by atoms with van der Waals surface area (Å²) in [5.74, 6) is 0.878. The molecule has 0 saturated heterocycles. The normalized spacial score (nSPS) is 17.6. The van der Waals surface area contributed by atoms with Gasteiger partial charge in [0.25, 0.3) is 0 Å². The fourth-order valence-electron chi connectivity index (χ4n) is 2.27. The Labute approximate surface area is 85.3 Å². The van der Waals surface area contributed by atoms with Crippen molar-refractivity contribution in [3.05, 3.63) is 11.4 Å². The number of anilines is 1. The molecule has 2 rings (SSSR count). The van der Waals surface area contributed by atoms with E-state index in [1.807, 2.05) is 6.92 Å². The monoisotopic (exact) mass is 193 g/mol. The van der Waals surface area contributed by atoms with Crippen LogP contribution in [-0.4, -0.2) is 16.7 Å². The van der Waals surface area contributed by atoms with Crippen LogP contribution in [0.4, 0.5) is 5.69 Å². The summed E-state index contributed by atoms with van der Waals surface area (Å²) in [7, 11) is 0. The zero-order chi connectivity index (χ0) is 9.97. The van der Waals surface area contributed by atoms with Gasteiger partial charge in [-0.25, -0.2) is 0 Å². The molecule has 0 aromatic carbocycles. The second kappa shape index (κ2) is 4.03. The zero-order valence-corrected chi connectivity index (χ0v) is 9.06. The van der Waals surface area contributed by atoms with Crippen LogP contribution in [0.3, 0.4) is 0 Å². The maximum Gasteiger partial charge on any atom is 0.0825 e. The number of hydrogen-bond acceptors (Lipinski definition) is 2. The fourth-order valence-corrected chi connectivity index (χ4v) is 2.27. The number of H-pyrrole nitrogens is 1. The summed E-state index contributed by atoms with van der Waals surface area (Å²) in [6.07, 6.45) is 5.61. The number of nitrogens with one attached hydrogen (secondary N) is 2. The van der Waals surface area contributed by atoms with Crippen LogP contribution in [0.5, 0.6) is 0 Å². The fraction of sp³-hybridized carbons (Fsp3) is 0.727. The number of hydrogen-bond donors (Lipinski definition) is 2. The van der Waals surface area contributed by atoms with E-state index < -0.39 is 0 Å². The quantitative estimate of drug-likeness (QED) is 0.774. The molecule has 1 aromatic rings. The van der Waals surface area contributed by atoms with E-state index >= 15 is 0 Å². The molecule has 1 aliphatic carbocycles. The van der Waals surface area contributed by atoms with Crippen LogP contribution in [0.1, 0.15) is 37.1 Å². The maximum absolute atomic E-state index is 4.17. The molecule has 0 atom stereocenters. The molecule has 1 saturated carbocycles. The van der Waals surface area contributed by atoms with Gasteiger partial charge >= 0.3 is 0 Å². The number of aromatic amines is 1. The second-order valence-corrected chi connectivity index (χ2v) is 4.34. The van der Waals surface area contributed by atoms with Crippen molar-refractivity contribution in [1.29, 1.82) is 0 Å². The summed E-state index contributed by atoms with van der Waals surface area (Å²) in [5.41, 5.74) is 3.44. The standard InChI is InChI=1S/C11H19N3/c1-8-11(9(2)14-13-8)12-7-10-5-3-4-6-10/h10,12H,3-7H2,1-2H3,(H,13,14). The first-order chi connectivity index (χ1) is 6.77. The van der Waals surface area contributed by atoms with Crippen LogP contribution in [0, 0.1) is 19.8 Å². The Bertz CT molecular complexity index is 278. The number of nitrogens with zero attached hydrogens (tertiary/aromatic N) is 1. The highest BCUT2D eigenvalue weighted by atomic mass is 15.1. The van der Waals surface area contributed by atoms with Crippen molar-refractivity contribution < 1.29 is 0 Å². The number of aromatic nitrogens is 2.